The van der Waals surface area contributed by atoms with E-state index in [1.54, 1.807) is 18.2 Å². The number of benzene rings is 1. The van der Waals surface area contributed by atoms with E-state index in [0.29, 0.717) is 17.0 Å². The van der Waals surface area contributed by atoms with Gasteiger partial charge in [0, 0.05) is 6.20 Å². The summed E-state index contributed by atoms with van der Waals surface area (Å²) in [5, 5.41) is 0. The van der Waals surface area contributed by atoms with Gasteiger partial charge in [-0.05, 0) is 53.1 Å². The Balaban J connectivity index is 2.32. The molecular weight excluding hydrogens is 341 g/mol. The average Bonchev–Trinajstić information content (AvgIpc) is 2.51. The molecule has 0 aliphatic rings. The molecule has 0 aliphatic heterocycles. The van der Waals surface area contributed by atoms with E-state index in [4.69, 9.17) is 10.5 Å². The van der Waals surface area contributed by atoms with Crippen LogP contribution in [0.2, 0.25) is 0 Å². The lowest BCUT2D eigenvalue weighted by molar-refractivity contribution is -0.139. The van der Waals surface area contributed by atoms with Crippen molar-refractivity contribution in [3.05, 3.63) is 42.1 Å². The third-order valence-corrected chi connectivity index (χ3v) is 3.98. The van der Waals surface area contributed by atoms with E-state index in [9.17, 15) is 13.2 Å². The van der Waals surface area contributed by atoms with E-state index in [0.717, 1.165) is 12.5 Å². The predicted octanol–water partition coefficient (Wildman–Crippen LogP) is 5.80. The number of nitrogen functional groups attached to an aromatic ring is 1. The third-order valence-electron chi connectivity index (χ3n) is 3.98. The summed E-state index contributed by atoms with van der Waals surface area (Å²) in [7, 11) is 0. The van der Waals surface area contributed by atoms with E-state index in [1.165, 1.54) is 12.3 Å². The number of hydrogen-bond acceptors (Lipinski definition) is 3. The molecule has 1 heterocycles. The molecule has 0 spiro atoms. The first kappa shape index (κ1) is 20.1. The van der Waals surface area contributed by atoms with Gasteiger partial charge in [-0.3, -0.25) is 0 Å². The summed E-state index contributed by atoms with van der Waals surface area (Å²) in [4.78, 5) is 3.86. The molecular formula is C20H25F3N2O. The number of pyridine rings is 1. The van der Waals surface area contributed by atoms with Crippen molar-refractivity contribution >= 4 is 5.82 Å². The van der Waals surface area contributed by atoms with Crippen molar-refractivity contribution in [1.82, 2.24) is 4.98 Å². The van der Waals surface area contributed by atoms with Crippen LogP contribution in [0.5, 0.6) is 5.75 Å². The van der Waals surface area contributed by atoms with Gasteiger partial charge in [0.1, 0.15) is 11.6 Å². The molecule has 0 unspecified atom stereocenters. The van der Waals surface area contributed by atoms with Gasteiger partial charge in [0.05, 0.1) is 12.2 Å². The first-order valence-corrected chi connectivity index (χ1v) is 8.54. The number of aromatic nitrogens is 1. The Morgan fingerprint density at radius 2 is 1.73 bits per heavy atom. The van der Waals surface area contributed by atoms with Gasteiger partial charge in [-0.15, -0.1) is 0 Å². The molecule has 1 aromatic carbocycles. The van der Waals surface area contributed by atoms with Gasteiger partial charge < -0.3 is 10.5 Å². The smallest absolute Gasteiger partial charge is 0.419 e. The fourth-order valence-electron chi connectivity index (χ4n) is 3.12. The molecule has 0 fully saturated rings. The Morgan fingerprint density at radius 3 is 2.31 bits per heavy atom. The highest BCUT2D eigenvalue weighted by Crippen LogP contribution is 2.39. The normalized spacial score (nSPS) is 12.5. The van der Waals surface area contributed by atoms with Crippen LogP contribution in [0.1, 0.15) is 39.7 Å². The fraction of sp³-hybridized carbons (Fsp3) is 0.450. The number of hydrogen-bond donors (Lipinski definition) is 1. The Kier molecular flexibility index (Phi) is 5.84. The van der Waals surface area contributed by atoms with Crippen LogP contribution in [-0.4, -0.2) is 11.6 Å². The molecule has 26 heavy (non-hydrogen) atoms. The third kappa shape index (κ3) is 5.38. The second kappa shape index (κ2) is 7.56. The lowest BCUT2D eigenvalue weighted by Gasteiger charge is -2.27. The minimum Gasteiger partial charge on any atom is -0.492 e. The van der Waals surface area contributed by atoms with Gasteiger partial charge in [-0.25, -0.2) is 4.98 Å². The number of nitrogens with zero attached hydrogens (tertiary/aromatic N) is 1. The first-order valence-electron chi connectivity index (χ1n) is 8.54. The highest BCUT2D eigenvalue weighted by molar-refractivity contribution is 5.68. The van der Waals surface area contributed by atoms with Crippen molar-refractivity contribution in [2.75, 3.05) is 12.3 Å². The van der Waals surface area contributed by atoms with Crippen LogP contribution >= 0.6 is 0 Å². The van der Waals surface area contributed by atoms with Crippen LogP contribution in [-0.2, 0) is 6.18 Å². The monoisotopic (exact) mass is 366 g/mol. The van der Waals surface area contributed by atoms with Crippen LogP contribution in [0.4, 0.5) is 19.0 Å². The highest BCUT2D eigenvalue weighted by Gasteiger charge is 2.35. The van der Waals surface area contributed by atoms with Gasteiger partial charge in [-0.2, -0.15) is 13.2 Å². The number of halogens is 3. The molecule has 0 radical (unpaired) electrons. The summed E-state index contributed by atoms with van der Waals surface area (Å²) in [6.45, 7) is 8.37. The lowest BCUT2D eigenvalue weighted by atomic mass is 9.85. The zero-order chi connectivity index (χ0) is 19.5. The fourth-order valence-corrected chi connectivity index (χ4v) is 3.12. The zero-order valence-electron chi connectivity index (χ0n) is 15.5. The lowest BCUT2D eigenvalue weighted by Crippen LogP contribution is -2.24. The van der Waals surface area contributed by atoms with Crippen molar-refractivity contribution in [1.29, 1.82) is 0 Å². The SMILES string of the molecule is CC(C)CC(C)(C)COc1ccc(-c2ccnc(N)c2)cc1C(F)(F)F. The maximum atomic E-state index is 13.5. The van der Waals surface area contributed by atoms with Crippen LogP contribution < -0.4 is 10.5 Å². The first-order chi connectivity index (χ1) is 12.0. The number of anilines is 1. The second-order valence-corrected chi connectivity index (χ2v) is 7.73. The van der Waals surface area contributed by atoms with E-state index >= 15 is 0 Å². The Morgan fingerprint density at radius 1 is 1.08 bits per heavy atom. The summed E-state index contributed by atoms with van der Waals surface area (Å²) in [6, 6.07) is 7.24. The highest BCUT2D eigenvalue weighted by atomic mass is 19.4. The molecule has 0 aliphatic carbocycles. The minimum atomic E-state index is -4.51. The molecule has 0 atom stereocenters. The molecule has 2 N–H and O–H groups in total. The number of rotatable bonds is 6. The topological polar surface area (TPSA) is 48.1 Å². The molecule has 6 heteroatoms. The van der Waals surface area contributed by atoms with E-state index in [2.05, 4.69) is 18.8 Å². The molecule has 0 saturated carbocycles. The Labute approximate surface area is 152 Å². The zero-order valence-corrected chi connectivity index (χ0v) is 15.5. The number of nitrogens with two attached hydrogens (primary N) is 1. The van der Waals surface area contributed by atoms with Crippen molar-refractivity contribution in [3.8, 4) is 16.9 Å². The van der Waals surface area contributed by atoms with Crippen molar-refractivity contribution in [2.45, 2.75) is 40.3 Å². The maximum Gasteiger partial charge on any atom is 0.419 e. The Bertz CT molecular complexity index is 755. The average molecular weight is 366 g/mol. The summed E-state index contributed by atoms with van der Waals surface area (Å²) < 4.78 is 46.2. The van der Waals surface area contributed by atoms with Crippen LogP contribution in [0.25, 0.3) is 11.1 Å². The van der Waals surface area contributed by atoms with E-state index in [1.807, 2.05) is 13.8 Å². The van der Waals surface area contributed by atoms with Gasteiger partial charge in [0.15, 0.2) is 0 Å². The summed E-state index contributed by atoms with van der Waals surface area (Å²) >= 11 is 0. The second-order valence-electron chi connectivity index (χ2n) is 7.73. The molecule has 2 aromatic rings. The molecule has 2 rings (SSSR count). The predicted molar refractivity (Wildman–Crippen MR) is 97.8 cm³/mol. The molecule has 0 saturated heterocycles. The van der Waals surface area contributed by atoms with Crippen LogP contribution in [0.15, 0.2) is 36.5 Å². The van der Waals surface area contributed by atoms with Gasteiger partial charge >= 0.3 is 6.18 Å². The molecule has 0 bridgehead atoms. The van der Waals surface area contributed by atoms with E-state index in [-0.39, 0.29) is 23.6 Å². The maximum absolute atomic E-state index is 13.5. The molecule has 3 nitrogen and oxygen atoms in total. The standard InChI is InChI=1S/C20H25F3N2O/c1-13(2)11-19(3,4)12-26-17-6-5-14(9-16(17)20(21,22)23)15-7-8-25-18(24)10-15/h5-10,13H,11-12H2,1-4H3,(H2,24,25). The van der Waals surface area contributed by atoms with Crippen LogP contribution in [0.3, 0.4) is 0 Å². The number of ether oxygens (including phenoxy) is 1. The van der Waals surface area contributed by atoms with E-state index < -0.39 is 11.7 Å². The summed E-state index contributed by atoms with van der Waals surface area (Å²) in [6.07, 6.45) is -2.17. The van der Waals surface area contributed by atoms with Crippen LogP contribution in [0, 0.1) is 11.3 Å². The van der Waals surface area contributed by atoms with Crippen molar-refractivity contribution in [3.63, 3.8) is 0 Å². The summed E-state index contributed by atoms with van der Waals surface area (Å²) in [5.74, 6) is 0.544. The molecule has 0 amide bonds. The number of alkyl halides is 3. The largest absolute Gasteiger partial charge is 0.492 e. The van der Waals surface area contributed by atoms with Gasteiger partial charge in [-0.1, -0.05) is 33.8 Å². The minimum absolute atomic E-state index is 0.153. The van der Waals surface area contributed by atoms with Crippen molar-refractivity contribution in [2.24, 2.45) is 11.3 Å². The summed E-state index contributed by atoms with van der Waals surface area (Å²) in [5.41, 5.74) is 5.62. The molecule has 1 aromatic heterocycles. The van der Waals surface area contributed by atoms with Gasteiger partial charge in [0.25, 0.3) is 0 Å². The quantitative estimate of drug-likeness (QED) is 0.703. The van der Waals surface area contributed by atoms with Gasteiger partial charge in [0.2, 0.25) is 0 Å². The molecule has 142 valence electrons. The Hall–Kier alpha value is -2.24. The van der Waals surface area contributed by atoms with Crippen molar-refractivity contribution < 1.29 is 17.9 Å².